The van der Waals surface area contributed by atoms with Crippen molar-refractivity contribution in [2.75, 3.05) is 18.0 Å². The molecule has 1 atom stereocenters. The number of likely N-dealkylation sites (N-methyl/N-ethyl adjacent to an activating group) is 1. The number of aryl methyl sites for hydroxylation is 1. The Balaban J connectivity index is 2.25. The average Bonchev–Trinajstić information content (AvgIpc) is 2.72. The summed E-state index contributed by atoms with van der Waals surface area (Å²) >= 11 is 3.48. The molecule has 0 spiro atoms. The summed E-state index contributed by atoms with van der Waals surface area (Å²) in [6.45, 7) is 5.80. The van der Waals surface area contributed by atoms with E-state index in [2.05, 4.69) is 34.2 Å². The lowest BCUT2D eigenvalue weighted by molar-refractivity contribution is -0.118. The summed E-state index contributed by atoms with van der Waals surface area (Å²) in [5.41, 5.74) is 2.28. The molecule has 1 saturated heterocycles. The molecule has 0 aliphatic carbocycles. The Hall–Kier alpha value is -0.870. The van der Waals surface area contributed by atoms with Crippen molar-refractivity contribution in [1.29, 1.82) is 0 Å². The minimum Gasteiger partial charge on any atom is -0.311 e. The molecule has 0 bridgehead atoms. The molecular weight excluding hydrogens is 292 g/mol. The number of anilines is 1. The van der Waals surface area contributed by atoms with Crippen LogP contribution in [0.1, 0.15) is 25.8 Å². The number of halogens is 1. The van der Waals surface area contributed by atoms with Crippen LogP contribution < -0.4 is 10.2 Å². The zero-order valence-corrected chi connectivity index (χ0v) is 12.5. The zero-order valence-electron chi connectivity index (χ0n) is 10.9. The van der Waals surface area contributed by atoms with E-state index in [0.717, 1.165) is 36.1 Å². The SMILES string of the molecule is CCNC1CCN(c2ccc(Br)cc2CC)C1=O. The number of nitrogens with one attached hydrogen (secondary N) is 1. The van der Waals surface area contributed by atoms with E-state index in [9.17, 15) is 4.79 Å². The van der Waals surface area contributed by atoms with Crippen LogP contribution in [0.25, 0.3) is 0 Å². The third-order valence-corrected chi connectivity index (χ3v) is 3.86. The van der Waals surface area contributed by atoms with Crippen molar-refractivity contribution in [3.8, 4) is 0 Å². The first-order chi connectivity index (χ1) is 8.67. The quantitative estimate of drug-likeness (QED) is 0.927. The lowest BCUT2D eigenvalue weighted by atomic mass is 10.1. The van der Waals surface area contributed by atoms with Crippen LogP contribution in [0, 0.1) is 0 Å². The van der Waals surface area contributed by atoms with Crippen LogP contribution in [0.2, 0.25) is 0 Å². The molecule has 3 nitrogen and oxygen atoms in total. The van der Waals surface area contributed by atoms with Crippen molar-refractivity contribution in [1.82, 2.24) is 5.32 Å². The van der Waals surface area contributed by atoms with Crippen molar-refractivity contribution in [3.05, 3.63) is 28.2 Å². The molecule has 0 aromatic heterocycles. The van der Waals surface area contributed by atoms with Gasteiger partial charge in [-0.05, 0) is 43.1 Å². The van der Waals surface area contributed by atoms with E-state index in [1.54, 1.807) is 0 Å². The molecule has 1 amide bonds. The Morgan fingerprint density at radius 1 is 1.44 bits per heavy atom. The third kappa shape index (κ3) is 2.59. The second-order valence-corrected chi connectivity index (χ2v) is 5.43. The Bertz CT molecular complexity index is 447. The van der Waals surface area contributed by atoms with E-state index in [1.165, 1.54) is 5.56 Å². The van der Waals surface area contributed by atoms with E-state index < -0.39 is 0 Å². The van der Waals surface area contributed by atoms with Crippen LogP contribution >= 0.6 is 15.9 Å². The fourth-order valence-electron chi connectivity index (χ4n) is 2.46. The summed E-state index contributed by atoms with van der Waals surface area (Å²) in [4.78, 5) is 14.2. The summed E-state index contributed by atoms with van der Waals surface area (Å²) in [6.07, 6.45) is 1.83. The second kappa shape index (κ2) is 5.85. The lowest BCUT2D eigenvalue weighted by Crippen LogP contribution is -2.38. The first kappa shape index (κ1) is 13.6. The van der Waals surface area contributed by atoms with Gasteiger partial charge in [-0.3, -0.25) is 4.79 Å². The van der Waals surface area contributed by atoms with Crippen LogP contribution in [0.15, 0.2) is 22.7 Å². The standard InChI is InChI=1S/C14H19BrN2O/c1-3-10-9-11(15)5-6-13(10)17-8-7-12(14(17)18)16-4-2/h5-6,9,12,16H,3-4,7-8H2,1-2H3. The number of carbonyl (C=O) groups is 1. The Labute approximate surface area is 117 Å². The minimum absolute atomic E-state index is 0.0108. The van der Waals surface area contributed by atoms with Gasteiger partial charge < -0.3 is 10.2 Å². The highest BCUT2D eigenvalue weighted by Gasteiger charge is 2.32. The van der Waals surface area contributed by atoms with Gasteiger partial charge in [0.2, 0.25) is 5.91 Å². The van der Waals surface area contributed by atoms with Crippen molar-refractivity contribution >= 4 is 27.5 Å². The summed E-state index contributed by atoms with van der Waals surface area (Å²) in [7, 11) is 0. The molecule has 0 radical (unpaired) electrons. The predicted molar refractivity (Wildman–Crippen MR) is 78.0 cm³/mol. The van der Waals surface area contributed by atoms with E-state index in [0.29, 0.717) is 0 Å². The van der Waals surface area contributed by atoms with E-state index >= 15 is 0 Å². The number of hydrogen-bond donors (Lipinski definition) is 1. The molecule has 4 heteroatoms. The fraction of sp³-hybridized carbons (Fsp3) is 0.500. The van der Waals surface area contributed by atoms with Crippen LogP contribution in [-0.4, -0.2) is 25.0 Å². The molecule has 1 unspecified atom stereocenters. The van der Waals surface area contributed by atoms with Crippen LogP contribution in [-0.2, 0) is 11.2 Å². The van der Waals surface area contributed by atoms with Gasteiger partial charge in [-0.1, -0.05) is 29.8 Å². The van der Waals surface area contributed by atoms with Gasteiger partial charge in [0.25, 0.3) is 0 Å². The molecule has 1 aromatic carbocycles. The topological polar surface area (TPSA) is 32.3 Å². The summed E-state index contributed by atoms with van der Waals surface area (Å²) in [5.74, 6) is 0.203. The number of nitrogens with zero attached hydrogens (tertiary/aromatic N) is 1. The van der Waals surface area contributed by atoms with Crippen LogP contribution in [0.3, 0.4) is 0 Å². The first-order valence-corrected chi connectivity index (χ1v) is 7.29. The van der Waals surface area contributed by atoms with E-state index in [4.69, 9.17) is 0 Å². The minimum atomic E-state index is -0.0108. The normalized spacial score (nSPS) is 19.6. The fourth-order valence-corrected chi connectivity index (χ4v) is 2.86. The molecule has 1 aromatic rings. The summed E-state index contributed by atoms with van der Waals surface area (Å²) in [6, 6.07) is 6.13. The van der Waals surface area contributed by atoms with Gasteiger partial charge in [0.15, 0.2) is 0 Å². The molecule has 1 N–H and O–H groups in total. The van der Waals surface area contributed by atoms with E-state index in [-0.39, 0.29) is 11.9 Å². The molecular formula is C14H19BrN2O. The number of hydrogen-bond acceptors (Lipinski definition) is 2. The molecule has 1 heterocycles. The molecule has 2 rings (SSSR count). The highest BCUT2D eigenvalue weighted by atomic mass is 79.9. The van der Waals surface area contributed by atoms with Crippen molar-refractivity contribution in [2.45, 2.75) is 32.7 Å². The Kier molecular flexibility index (Phi) is 4.40. The van der Waals surface area contributed by atoms with Crippen LogP contribution in [0.4, 0.5) is 5.69 Å². The molecule has 18 heavy (non-hydrogen) atoms. The lowest BCUT2D eigenvalue weighted by Gasteiger charge is -2.20. The number of carbonyl (C=O) groups excluding carboxylic acids is 1. The maximum atomic E-state index is 12.3. The van der Waals surface area contributed by atoms with Crippen molar-refractivity contribution in [3.63, 3.8) is 0 Å². The largest absolute Gasteiger partial charge is 0.311 e. The summed E-state index contributed by atoms with van der Waals surface area (Å²) in [5, 5.41) is 3.24. The maximum Gasteiger partial charge on any atom is 0.244 e. The van der Waals surface area contributed by atoms with E-state index in [1.807, 2.05) is 24.0 Å². The second-order valence-electron chi connectivity index (χ2n) is 4.52. The average molecular weight is 311 g/mol. The van der Waals surface area contributed by atoms with Gasteiger partial charge >= 0.3 is 0 Å². The molecule has 98 valence electrons. The van der Waals surface area contributed by atoms with Gasteiger partial charge in [0.1, 0.15) is 0 Å². The molecule has 1 aliphatic rings. The highest BCUT2D eigenvalue weighted by molar-refractivity contribution is 9.10. The number of rotatable bonds is 4. The highest BCUT2D eigenvalue weighted by Crippen LogP contribution is 2.28. The van der Waals surface area contributed by atoms with Gasteiger partial charge in [-0.15, -0.1) is 0 Å². The van der Waals surface area contributed by atoms with Gasteiger partial charge in [0, 0.05) is 16.7 Å². The molecule has 1 aliphatic heterocycles. The predicted octanol–water partition coefficient (Wildman–Crippen LogP) is 2.73. The zero-order chi connectivity index (χ0) is 13.1. The Morgan fingerprint density at radius 3 is 2.89 bits per heavy atom. The number of amides is 1. The summed E-state index contributed by atoms with van der Waals surface area (Å²) < 4.78 is 1.07. The van der Waals surface area contributed by atoms with Crippen LogP contribution in [0.5, 0.6) is 0 Å². The van der Waals surface area contributed by atoms with Gasteiger partial charge in [0.05, 0.1) is 6.04 Å². The first-order valence-electron chi connectivity index (χ1n) is 6.50. The van der Waals surface area contributed by atoms with Gasteiger partial charge in [-0.25, -0.2) is 0 Å². The number of benzene rings is 1. The monoisotopic (exact) mass is 310 g/mol. The van der Waals surface area contributed by atoms with Crippen molar-refractivity contribution < 1.29 is 4.79 Å². The molecule has 0 saturated carbocycles. The van der Waals surface area contributed by atoms with Crippen molar-refractivity contribution in [2.24, 2.45) is 0 Å². The maximum absolute atomic E-state index is 12.3. The third-order valence-electron chi connectivity index (χ3n) is 3.37. The smallest absolute Gasteiger partial charge is 0.244 e. The van der Waals surface area contributed by atoms with Gasteiger partial charge in [-0.2, -0.15) is 0 Å². The molecule has 1 fully saturated rings. The Morgan fingerprint density at radius 2 is 2.22 bits per heavy atom.